The first kappa shape index (κ1) is 21.9. The fourth-order valence-corrected chi connectivity index (χ4v) is 5.04. The second-order valence-electron chi connectivity index (χ2n) is 6.77. The second-order valence-corrected chi connectivity index (χ2v) is 8.67. The Balaban J connectivity index is 1.86. The standard InChI is InChI=1S/C22H27N3O4S/c1-4-25(5-2)30(27,28)21-14-17(11-12-20(21)29-6-3)24-22(26)13-16-15-23-19-10-8-7-9-18(16)19/h7-12,14-15,23H,4-6,13H2,1-3H3,(H,24,26). The van der Waals surface area contributed by atoms with Gasteiger partial charge in [0.25, 0.3) is 0 Å². The molecule has 7 nitrogen and oxygen atoms in total. The topological polar surface area (TPSA) is 91.5 Å². The molecule has 0 spiro atoms. The van der Waals surface area contributed by atoms with Crippen molar-refractivity contribution in [3.63, 3.8) is 0 Å². The highest BCUT2D eigenvalue weighted by Crippen LogP contribution is 2.30. The molecule has 0 bridgehead atoms. The largest absolute Gasteiger partial charge is 0.492 e. The summed E-state index contributed by atoms with van der Waals surface area (Å²) in [6, 6.07) is 12.5. The van der Waals surface area contributed by atoms with Gasteiger partial charge in [-0.15, -0.1) is 0 Å². The fraction of sp³-hybridized carbons (Fsp3) is 0.318. The molecule has 30 heavy (non-hydrogen) atoms. The lowest BCUT2D eigenvalue weighted by atomic mass is 10.1. The number of anilines is 1. The predicted molar refractivity (Wildman–Crippen MR) is 118 cm³/mol. The van der Waals surface area contributed by atoms with Gasteiger partial charge in [0, 0.05) is 35.9 Å². The molecule has 0 aliphatic heterocycles. The van der Waals surface area contributed by atoms with Gasteiger partial charge in [-0.3, -0.25) is 4.79 Å². The number of H-pyrrole nitrogens is 1. The average Bonchev–Trinajstić information content (AvgIpc) is 3.13. The van der Waals surface area contributed by atoms with Gasteiger partial charge in [0.2, 0.25) is 15.9 Å². The van der Waals surface area contributed by atoms with Crippen LogP contribution in [0.1, 0.15) is 26.3 Å². The minimum Gasteiger partial charge on any atom is -0.492 e. The number of aromatic amines is 1. The van der Waals surface area contributed by atoms with E-state index in [0.717, 1.165) is 16.5 Å². The Morgan fingerprint density at radius 3 is 2.53 bits per heavy atom. The maximum Gasteiger partial charge on any atom is 0.246 e. The third-order valence-electron chi connectivity index (χ3n) is 4.88. The van der Waals surface area contributed by atoms with Crippen LogP contribution in [0.3, 0.4) is 0 Å². The molecule has 1 aromatic heterocycles. The Hall–Kier alpha value is -2.84. The summed E-state index contributed by atoms with van der Waals surface area (Å²) >= 11 is 0. The third kappa shape index (κ3) is 4.49. The van der Waals surface area contributed by atoms with E-state index < -0.39 is 10.0 Å². The summed E-state index contributed by atoms with van der Waals surface area (Å²) in [5, 5.41) is 3.80. The van der Waals surface area contributed by atoms with Crippen LogP contribution in [0.25, 0.3) is 10.9 Å². The van der Waals surface area contributed by atoms with Crippen LogP contribution in [0.5, 0.6) is 5.75 Å². The predicted octanol–water partition coefficient (Wildman–Crippen LogP) is 3.78. The number of fused-ring (bicyclic) bond motifs is 1. The van der Waals surface area contributed by atoms with Crippen LogP contribution in [0, 0.1) is 0 Å². The number of hydrogen-bond donors (Lipinski definition) is 2. The molecule has 0 fully saturated rings. The van der Waals surface area contributed by atoms with Gasteiger partial charge in [0.1, 0.15) is 10.6 Å². The van der Waals surface area contributed by atoms with E-state index in [9.17, 15) is 13.2 Å². The van der Waals surface area contributed by atoms with Gasteiger partial charge in [-0.2, -0.15) is 4.31 Å². The molecule has 8 heteroatoms. The number of hydrogen-bond acceptors (Lipinski definition) is 4. The number of aromatic nitrogens is 1. The van der Waals surface area contributed by atoms with E-state index in [4.69, 9.17) is 4.74 Å². The van der Waals surface area contributed by atoms with Crippen molar-refractivity contribution in [3.05, 3.63) is 54.2 Å². The lowest BCUT2D eigenvalue weighted by Gasteiger charge is -2.21. The minimum atomic E-state index is -3.74. The SMILES string of the molecule is CCOc1ccc(NC(=O)Cc2c[nH]c3ccccc23)cc1S(=O)(=O)N(CC)CC. The van der Waals surface area contributed by atoms with Crippen molar-refractivity contribution in [2.45, 2.75) is 32.1 Å². The van der Waals surface area contributed by atoms with E-state index in [1.807, 2.05) is 30.5 Å². The zero-order chi connectivity index (χ0) is 21.7. The second kappa shape index (κ2) is 9.32. The van der Waals surface area contributed by atoms with Crippen molar-refractivity contribution in [1.29, 1.82) is 0 Å². The lowest BCUT2D eigenvalue weighted by Crippen LogP contribution is -2.31. The van der Waals surface area contributed by atoms with E-state index >= 15 is 0 Å². The Morgan fingerprint density at radius 1 is 1.10 bits per heavy atom. The summed E-state index contributed by atoms with van der Waals surface area (Å²) in [6.45, 7) is 6.41. The molecule has 2 aromatic carbocycles. The number of rotatable bonds is 9. The number of para-hydroxylation sites is 1. The Bertz CT molecular complexity index is 1130. The molecule has 1 heterocycles. The summed E-state index contributed by atoms with van der Waals surface area (Å²) in [4.78, 5) is 15.8. The lowest BCUT2D eigenvalue weighted by molar-refractivity contribution is -0.115. The van der Waals surface area contributed by atoms with Gasteiger partial charge in [0.15, 0.2) is 0 Å². The minimum absolute atomic E-state index is 0.0537. The van der Waals surface area contributed by atoms with Gasteiger partial charge >= 0.3 is 0 Å². The van der Waals surface area contributed by atoms with Gasteiger partial charge in [-0.1, -0.05) is 32.0 Å². The fourth-order valence-electron chi connectivity index (χ4n) is 3.42. The maximum absolute atomic E-state index is 13.1. The summed E-state index contributed by atoms with van der Waals surface area (Å²) < 4.78 is 33.0. The molecular weight excluding hydrogens is 402 g/mol. The van der Waals surface area contributed by atoms with Crippen LogP contribution in [0.4, 0.5) is 5.69 Å². The molecule has 3 rings (SSSR count). The van der Waals surface area contributed by atoms with Crippen LogP contribution in [0.15, 0.2) is 53.6 Å². The molecule has 0 atom stereocenters. The van der Waals surface area contributed by atoms with Crippen molar-refractivity contribution in [2.24, 2.45) is 0 Å². The number of carbonyl (C=O) groups excluding carboxylic acids is 1. The normalized spacial score (nSPS) is 11.7. The summed E-state index contributed by atoms with van der Waals surface area (Å²) in [6.07, 6.45) is 1.99. The third-order valence-corrected chi connectivity index (χ3v) is 6.95. The number of sulfonamides is 1. The van der Waals surface area contributed by atoms with Crippen LogP contribution in [-0.4, -0.2) is 43.3 Å². The van der Waals surface area contributed by atoms with E-state index in [2.05, 4.69) is 10.3 Å². The molecule has 160 valence electrons. The average molecular weight is 430 g/mol. The molecule has 2 N–H and O–H groups in total. The molecule has 0 saturated carbocycles. The quantitative estimate of drug-likeness (QED) is 0.542. The number of carbonyl (C=O) groups is 1. The summed E-state index contributed by atoms with van der Waals surface area (Å²) in [5.74, 6) is 0.0501. The summed E-state index contributed by atoms with van der Waals surface area (Å²) in [7, 11) is -3.74. The monoisotopic (exact) mass is 429 g/mol. The highest BCUT2D eigenvalue weighted by atomic mass is 32.2. The first-order valence-electron chi connectivity index (χ1n) is 10.0. The van der Waals surface area contributed by atoms with Gasteiger partial charge < -0.3 is 15.0 Å². The van der Waals surface area contributed by atoms with Crippen LogP contribution >= 0.6 is 0 Å². The number of nitrogens with zero attached hydrogens (tertiary/aromatic N) is 1. The van der Waals surface area contributed by atoms with E-state index in [1.54, 1.807) is 32.9 Å². The summed E-state index contributed by atoms with van der Waals surface area (Å²) in [5.41, 5.74) is 2.26. The van der Waals surface area contributed by atoms with Crippen molar-refractivity contribution >= 4 is 32.5 Å². The molecule has 0 unspecified atom stereocenters. The highest BCUT2D eigenvalue weighted by molar-refractivity contribution is 7.89. The Labute approximate surface area is 177 Å². The Kier molecular flexibility index (Phi) is 6.79. The van der Waals surface area contributed by atoms with Crippen molar-refractivity contribution in [3.8, 4) is 5.75 Å². The molecule has 0 aliphatic rings. The highest BCUT2D eigenvalue weighted by Gasteiger charge is 2.26. The van der Waals surface area contributed by atoms with E-state index in [0.29, 0.717) is 25.4 Å². The van der Waals surface area contributed by atoms with Crippen LogP contribution in [-0.2, 0) is 21.2 Å². The molecule has 3 aromatic rings. The molecular formula is C22H27N3O4S. The van der Waals surface area contributed by atoms with Crippen molar-refractivity contribution in [1.82, 2.24) is 9.29 Å². The first-order valence-corrected chi connectivity index (χ1v) is 11.5. The smallest absolute Gasteiger partial charge is 0.246 e. The Morgan fingerprint density at radius 2 is 1.83 bits per heavy atom. The van der Waals surface area contributed by atoms with Crippen molar-refractivity contribution < 1.29 is 17.9 Å². The number of benzene rings is 2. The molecule has 0 saturated heterocycles. The number of nitrogens with one attached hydrogen (secondary N) is 2. The van der Waals surface area contributed by atoms with Gasteiger partial charge in [0.05, 0.1) is 13.0 Å². The van der Waals surface area contributed by atoms with Crippen LogP contribution in [0.2, 0.25) is 0 Å². The molecule has 0 radical (unpaired) electrons. The van der Waals surface area contributed by atoms with E-state index in [1.165, 1.54) is 10.4 Å². The number of amides is 1. The maximum atomic E-state index is 13.1. The van der Waals surface area contributed by atoms with Gasteiger partial charge in [-0.05, 0) is 36.8 Å². The first-order chi connectivity index (χ1) is 14.4. The van der Waals surface area contributed by atoms with E-state index in [-0.39, 0.29) is 23.0 Å². The zero-order valence-corrected chi connectivity index (χ0v) is 18.3. The van der Waals surface area contributed by atoms with Crippen LogP contribution < -0.4 is 10.1 Å². The van der Waals surface area contributed by atoms with Gasteiger partial charge in [-0.25, -0.2) is 8.42 Å². The van der Waals surface area contributed by atoms with Crippen molar-refractivity contribution in [2.75, 3.05) is 25.0 Å². The zero-order valence-electron chi connectivity index (χ0n) is 17.4. The number of ether oxygens (including phenoxy) is 1. The molecule has 1 amide bonds. The molecule has 0 aliphatic carbocycles.